The molecule has 6 aliphatic heterocycles. The normalized spacial score (nSPS) is 36.8. The molecule has 0 amide bonds. The number of ether oxygens (including phenoxy) is 6. The first-order valence-electron chi connectivity index (χ1n) is 29.5. The van der Waals surface area contributed by atoms with Crippen LogP contribution in [0.5, 0.6) is 0 Å². The molecule has 0 saturated carbocycles. The first-order valence-corrected chi connectivity index (χ1v) is 57.6. The fourth-order valence-electron chi connectivity index (χ4n) is 8.14. The van der Waals surface area contributed by atoms with Crippen LogP contribution in [0.2, 0.25) is 19.0 Å². The van der Waals surface area contributed by atoms with E-state index in [2.05, 4.69) is 221 Å². The number of halogens is 9. The zero-order chi connectivity index (χ0) is 79.6. The maximum atomic E-state index is 10.3. The Morgan fingerprint density at radius 1 is 0.510 bits per heavy atom. The molecule has 0 aromatic carbocycles. The summed E-state index contributed by atoms with van der Waals surface area (Å²) in [6.45, 7) is 7.60. The Kier molecular flexibility index (Phi) is 89.3. The zero-order valence-corrected chi connectivity index (χ0v) is 78.7. The van der Waals surface area contributed by atoms with Gasteiger partial charge in [0.05, 0.1) is 102 Å². The number of aliphatic hydroxyl groups excluding tert-OH is 24. The fourth-order valence-corrected chi connectivity index (χ4v) is 8.14. The van der Waals surface area contributed by atoms with E-state index in [1.165, 1.54) is 8.86 Å². The molecule has 6 saturated heterocycles. The third-order valence-corrected chi connectivity index (χ3v) is 13.2. The summed E-state index contributed by atoms with van der Waals surface area (Å²) in [5.74, 6) is 0.944. The predicted octanol–water partition coefficient (Wildman–Crippen LogP) is -4.19. The SMILES string of the molecule is CC.CC(I)I.CCI.CCI.O=C[C@H]1OC(CO)[C@H](O)[C@H](O)C1O.[B]/C=C1\OC(CO)[C@H](O)[C@H](O)C1O.[B]C(O)[C@H]1OC(CO)[C@H](O)[C@H](O)C1O.[B]C[C@H]1OC(CO)[C@H](O)[C@H](N=[N+]=[N-])C1O.[B]C[C@H]1OC(CO)[C@H](O)[C@H](O)C1O.[B]C[C@H]1OC(CO)[C@H](O)[C@H](O)C1O.[CH3-].[CH3-].[I][V]([I])[I].[I][V][I]. The van der Waals surface area contributed by atoms with Crippen LogP contribution in [0, 0.1) is 14.9 Å². The van der Waals surface area contributed by atoms with Crippen molar-refractivity contribution in [2.24, 2.45) is 5.11 Å². The van der Waals surface area contributed by atoms with E-state index in [1.54, 1.807) is 0 Å². The van der Waals surface area contributed by atoms with Gasteiger partial charge in [-0.1, -0.05) is 148 Å². The molecule has 50 heteroatoms. The number of carbonyl (C=O) groups is 1. The summed E-state index contributed by atoms with van der Waals surface area (Å²) in [5.41, 5.74) is 8.27. The van der Waals surface area contributed by atoms with Gasteiger partial charge in [0.25, 0.3) is 0 Å². The van der Waals surface area contributed by atoms with Crippen molar-refractivity contribution in [3.63, 3.8) is 0 Å². The Morgan fingerprint density at radius 3 is 1.03 bits per heavy atom. The van der Waals surface area contributed by atoms with E-state index in [9.17, 15) is 91.6 Å². The van der Waals surface area contributed by atoms with Gasteiger partial charge < -0.3 is 171 Å². The van der Waals surface area contributed by atoms with Crippen molar-refractivity contribution >= 4 is 236 Å². The molecular weight excluding hydrogens is 2460 g/mol. The van der Waals surface area contributed by atoms with Crippen molar-refractivity contribution in [2.75, 3.05) is 48.5 Å². The molecule has 6 heterocycles. The van der Waals surface area contributed by atoms with Gasteiger partial charge in [0.2, 0.25) is 0 Å². The summed E-state index contributed by atoms with van der Waals surface area (Å²) in [4.78, 5) is 12.6. The third kappa shape index (κ3) is 48.2. The quantitative estimate of drug-likeness (QED) is 0.0129. The molecule has 599 valence electrons. The Balaban J connectivity index is -0.000000164. The second-order valence-corrected chi connectivity index (χ2v) is 76.2. The van der Waals surface area contributed by atoms with Crippen LogP contribution in [-0.4, -0.2) is 401 Å². The molecule has 0 aliphatic carbocycles. The van der Waals surface area contributed by atoms with E-state index in [1.807, 2.05) is 13.8 Å². The van der Waals surface area contributed by atoms with E-state index < -0.39 is 223 Å². The molecule has 0 aromatic rings. The van der Waals surface area contributed by atoms with Crippen molar-refractivity contribution in [1.82, 2.24) is 0 Å². The summed E-state index contributed by atoms with van der Waals surface area (Å²) in [5, 5.41) is 223. The number of alkyl halides is 4. The van der Waals surface area contributed by atoms with Crippen LogP contribution >= 0.6 is 190 Å². The van der Waals surface area contributed by atoms with Gasteiger partial charge in [-0.15, -0.1) is 0 Å². The third-order valence-electron chi connectivity index (χ3n) is 13.2. The number of hydrogen-bond donors (Lipinski definition) is 24. The molecule has 13 unspecified atom stereocenters. The number of carbonyl (C=O) groups excluding carboxylic acids is 1. The van der Waals surface area contributed by atoms with Crippen LogP contribution in [0.3, 0.4) is 0 Å². The van der Waals surface area contributed by atoms with E-state index >= 15 is 0 Å². The van der Waals surface area contributed by atoms with Gasteiger partial charge in [-0.2, -0.15) is 0 Å². The van der Waals surface area contributed by atoms with Gasteiger partial charge in [-0.25, -0.2) is 0 Å². The van der Waals surface area contributed by atoms with E-state index in [0.717, 1.165) is 7.91 Å². The van der Waals surface area contributed by atoms with Crippen LogP contribution in [0.4, 0.5) is 0 Å². The number of aliphatic hydroxyl groups is 24. The first kappa shape index (κ1) is 123. The maximum absolute atomic E-state index is 10.3. The van der Waals surface area contributed by atoms with Crippen LogP contribution in [0.15, 0.2) is 16.8 Å². The van der Waals surface area contributed by atoms with Crippen molar-refractivity contribution < 1.29 is 170 Å². The number of azide groups is 1. The molecule has 102 heavy (non-hydrogen) atoms. The second-order valence-electron chi connectivity index (χ2n) is 19.9. The molecule has 30 atom stereocenters. The van der Waals surface area contributed by atoms with Gasteiger partial charge in [-0.3, -0.25) is 0 Å². The van der Waals surface area contributed by atoms with Gasteiger partial charge in [-0.05, 0) is 21.3 Å². The van der Waals surface area contributed by atoms with Crippen molar-refractivity contribution in [3.05, 3.63) is 37.0 Å². The Hall–Kier alpha value is 5.42. The van der Waals surface area contributed by atoms with E-state index in [-0.39, 0.29) is 44.5 Å². The molecule has 34 nitrogen and oxygen atoms in total. The number of aldehydes is 1. The molecular formula is C52H100B5I9N3O31V2-2. The Labute approximate surface area is 725 Å². The van der Waals surface area contributed by atoms with Crippen LogP contribution in [0.25, 0.3) is 10.4 Å². The van der Waals surface area contributed by atoms with E-state index in [4.69, 9.17) is 109 Å². The predicted molar refractivity (Wildman–Crippen MR) is 450 cm³/mol. The standard InChI is InChI=1S/C7H12BN3O4.C7H13BO6.2C7H13BO5.C7H11BO5.C7H12O6.C2H4I2.2C2H5I.C2H6.2CH3.5HI.2V/c8-1-3-6(13)5(10-11-9)7(14)4(2-12)15-3;8-7(13)6-5(12)4(11)3(10)2(1-9)14-6;4*8-1-3-5(10)7(12)6(11)4(2-9)13-3;1-2(3)4;2*1-2-3;1-2;;;;;;;;;/h3-7,12-14H,1-2H2;2-7,9-13H,1H2;2*3-7,9-12H,1-2H2;1,4-7,9-12H,2H2;1,3-7,9-12H,2H2;2H,1H3;2*2H2,1H3;1-2H3;2*1H3;5*1H;;/q;;;;;;;;;;2*-1;;;;;;+2;+3/p-5/b;;;;3-1-;;;;;;;;;;;;;;/t3-,4?,5-,6?,7+;2?,3-,4-,5?,6-,7?;2*3-,4?,5?,6+,7-;4?,5?,6-,7+;3-,4?,5?,6+,7-;;;;;;;;;;;;;/m101101............./s1. The van der Waals surface area contributed by atoms with Crippen molar-refractivity contribution in [3.8, 4) is 0 Å². The number of rotatable bonds is 12. The summed E-state index contributed by atoms with van der Waals surface area (Å²) in [6.07, 6.45) is -32.7. The monoisotopic (exact) mass is 2560 g/mol. The number of hydrogen-bond acceptors (Lipinski definition) is 32. The average molecular weight is 2560 g/mol. The van der Waals surface area contributed by atoms with Crippen LogP contribution < -0.4 is 0 Å². The summed E-state index contributed by atoms with van der Waals surface area (Å²) in [6, 6.07) is -2.53. The molecule has 0 aromatic heterocycles. The Morgan fingerprint density at radius 2 is 0.755 bits per heavy atom. The van der Waals surface area contributed by atoms with Crippen molar-refractivity contribution in [2.45, 2.75) is 238 Å². The van der Waals surface area contributed by atoms with Crippen LogP contribution in [0.1, 0.15) is 34.6 Å². The summed E-state index contributed by atoms with van der Waals surface area (Å²) < 4.78 is 33.0. The van der Waals surface area contributed by atoms with Crippen LogP contribution in [-0.2, 0) is 47.6 Å². The molecule has 0 bridgehead atoms. The number of nitrogens with zero attached hydrogens (tertiary/aromatic N) is 3. The van der Waals surface area contributed by atoms with Gasteiger partial charge in [0.1, 0.15) is 162 Å². The minimum absolute atomic E-state index is 0. The summed E-state index contributed by atoms with van der Waals surface area (Å²) >= 11 is 21.4. The molecule has 24 N–H and O–H groups in total. The van der Waals surface area contributed by atoms with E-state index in [0.29, 0.717) is 15.8 Å². The van der Waals surface area contributed by atoms with Gasteiger partial charge in [0, 0.05) is 10.9 Å². The average Bonchev–Trinajstić information content (AvgIpc) is 0.860. The second kappa shape index (κ2) is 74.0. The Bertz CT molecular complexity index is 1920. The molecule has 6 fully saturated rings. The molecule has 6 rings (SSSR count). The first-order chi connectivity index (χ1) is 46.8. The molecule has 6 aliphatic rings. The fraction of sp³-hybridized carbons (Fsp3) is 0.904. The summed E-state index contributed by atoms with van der Waals surface area (Å²) in [7, 11) is 26.7. The minimum atomic E-state index is -1.50. The zero-order valence-electron chi connectivity index (χ0n) is 56.4. The van der Waals surface area contributed by atoms with Gasteiger partial charge in [0.15, 0.2) is 6.29 Å². The molecule has 0 spiro atoms. The van der Waals surface area contributed by atoms with Gasteiger partial charge >= 0.3 is 114 Å². The topological polar surface area (TPSA) is 607 Å². The molecule has 10 radical (unpaired) electrons. The van der Waals surface area contributed by atoms with Crippen molar-refractivity contribution in [1.29, 1.82) is 0 Å².